The Morgan fingerprint density at radius 3 is 2.66 bits per heavy atom. The third kappa shape index (κ3) is 3.76. The van der Waals surface area contributed by atoms with E-state index in [4.69, 9.17) is 4.74 Å². The highest BCUT2D eigenvalue weighted by atomic mass is 16.6. The molecule has 29 heavy (non-hydrogen) atoms. The Bertz CT molecular complexity index is 760. The minimum Gasteiger partial charge on any atom is -0.446 e. The molecule has 3 fully saturated rings. The van der Waals surface area contributed by atoms with Gasteiger partial charge in [0, 0.05) is 24.2 Å². The van der Waals surface area contributed by atoms with Crippen molar-refractivity contribution in [3.63, 3.8) is 0 Å². The van der Waals surface area contributed by atoms with Gasteiger partial charge < -0.3 is 9.64 Å². The first-order chi connectivity index (χ1) is 13.9. The lowest BCUT2D eigenvalue weighted by Crippen LogP contribution is -2.57. The van der Waals surface area contributed by atoms with Crippen LogP contribution in [0.4, 0.5) is 10.5 Å². The van der Waals surface area contributed by atoms with Crippen LogP contribution in [-0.2, 0) is 9.53 Å². The molecule has 1 saturated carbocycles. The Labute approximate surface area is 174 Å². The number of ether oxygens (including phenoxy) is 1. The monoisotopic (exact) mass is 398 g/mol. The van der Waals surface area contributed by atoms with Crippen LogP contribution >= 0.6 is 0 Å². The zero-order valence-corrected chi connectivity index (χ0v) is 17.9. The quantitative estimate of drug-likeness (QED) is 0.750. The van der Waals surface area contributed by atoms with Gasteiger partial charge in [0.15, 0.2) is 0 Å². The van der Waals surface area contributed by atoms with Gasteiger partial charge in [-0.3, -0.25) is 10.1 Å². The average molecular weight is 399 g/mol. The summed E-state index contributed by atoms with van der Waals surface area (Å²) in [5.74, 6) is 1.49. The lowest BCUT2D eigenvalue weighted by atomic mass is 9.64. The third-order valence-electron chi connectivity index (χ3n) is 7.59. The zero-order valence-electron chi connectivity index (χ0n) is 17.9. The Morgan fingerprint density at radius 2 is 1.93 bits per heavy atom. The van der Waals surface area contributed by atoms with Gasteiger partial charge >= 0.3 is 6.09 Å². The van der Waals surface area contributed by atoms with Crippen molar-refractivity contribution in [2.24, 2.45) is 11.8 Å². The largest absolute Gasteiger partial charge is 0.446 e. The smallest absolute Gasteiger partial charge is 0.411 e. The Balaban J connectivity index is 1.41. The van der Waals surface area contributed by atoms with Gasteiger partial charge in [0.1, 0.15) is 6.10 Å². The van der Waals surface area contributed by atoms with E-state index in [1.54, 1.807) is 0 Å². The van der Waals surface area contributed by atoms with Crippen LogP contribution in [0.25, 0.3) is 0 Å². The molecule has 4 atom stereocenters. The standard InChI is InChI=1S/C24H34N2O3/c1-16(2)18-8-10-19(11-9-18)25-23(28)29-21-12-14-24-13-5-15-26(24)22(27)7-4-6-20(24)17(21)3/h8-11,16-17,20-21H,4-7,12-15H2,1-3H3,(H,25,28)/t17-,20+,21+,24-/m1/s1. The summed E-state index contributed by atoms with van der Waals surface area (Å²) in [6.45, 7) is 7.43. The van der Waals surface area contributed by atoms with Crippen molar-refractivity contribution >= 4 is 17.7 Å². The molecule has 158 valence electrons. The van der Waals surface area contributed by atoms with E-state index in [9.17, 15) is 9.59 Å². The zero-order chi connectivity index (χ0) is 20.6. The van der Waals surface area contributed by atoms with E-state index in [1.165, 1.54) is 5.56 Å². The second-order valence-electron chi connectivity index (χ2n) is 9.49. The van der Waals surface area contributed by atoms with Crippen LogP contribution in [0.3, 0.4) is 0 Å². The predicted molar refractivity (Wildman–Crippen MR) is 114 cm³/mol. The molecular weight excluding hydrogens is 364 g/mol. The molecule has 1 aliphatic carbocycles. The van der Waals surface area contributed by atoms with Crippen LogP contribution in [0.15, 0.2) is 24.3 Å². The molecular formula is C24H34N2O3. The van der Waals surface area contributed by atoms with E-state index in [0.717, 1.165) is 50.8 Å². The highest BCUT2D eigenvalue weighted by Crippen LogP contribution is 2.52. The molecule has 4 rings (SSSR count). The van der Waals surface area contributed by atoms with Crippen molar-refractivity contribution in [2.45, 2.75) is 83.3 Å². The van der Waals surface area contributed by atoms with Crippen LogP contribution in [0.1, 0.15) is 77.2 Å². The summed E-state index contributed by atoms with van der Waals surface area (Å²) in [6.07, 6.45) is 6.22. The molecule has 0 bridgehead atoms. The first-order valence-corrected chi connectivity index (χ1v) is 11.3. The highest BCUT2D eigenvalue weighted by Gasteiger charge is 2.55. The molecule has 5 heteroatoms. The Hall–Kier alpha value is -2.04. The number of hydrogen-bond acceptors (Lipinski definition) is 3. The van der Waals surface area contributed by atoms with Gasteiger partial charge in [-0.15, -0.1) is 0 Å². The third-order valence-corrected chi connectivity index (χ3v) is 7.59. The number of rotatable bonds is 3. The molecule has 0 aromatic heterocycles. The van der Waals surface area contributed by atoms with E-state index >= 15 is 0 Å². The molecule has 2 heterocycles. The summed E-state index contributed by atoms with van der Waals surface area (Å²) in [7, 11) is 0. The summed E-state index contributed by atoms with van der Waals surface area (Å²) in [4.78, 5) is 27.4. The van der Waals surface area contributed by atoms with Crippen LogP contribution in [0, 0.1) is 11.8 Å². The Morgan fingerprint density at radius 1 is 1.17 bits per heavy atom. The molecule has 3 aliphatic rings. The summed E-state index contributed by atoms with van der Waals surface area (Å²) < 4.78 is 5.89. The summed E-state index contributed by atoms with van der Waals surface area (Å²) in [5, 5.41) is 2.89. The predicted octanol–water partition coefficient (Wildman–Crippen LogP) is 5.32. The van der Waals surface area contributed by atoms with Gasteiger partial charge in [-0.25, -0.2) is 4.79 Å². The molecule has 1 aromatic carbocycles. The van der Waals surface area contributed by atoms with E-state index in [1.807, 2.05) is 24.3 Å². The lowest BCUT2D eigenvalue weighted by molar-refractivity contribution is -0.140. The van der Waals surface area contributed by atoms with E-state index < -0.39 is 0 Å². The molecule has 2 amide bonds. The molecule has 5 nitrogen and oxygen atoms in total. The fourth-order valence-electron chi connectivity index (χ4n) is 6.05. The number of carbonyl (C=O) groups is 2. The topological polar surface area (TPSA) is 58.6 Å². The van der Waals surface area contributed by atoms with Crippen molar-refractivity contribution in [1.82, 2.24) is 4.90 Å². The molecule has 2 aliphatic heterocycles. The summed E-state index contributed by atoms with van der Waals surface area (Å²) in [6, 6.07) is 7.96. The molecule has 0 radical (unpaired) electrons. The highest BCUT2D eigenvalue weighted by molar-refractivity contribution is 5.84. The molecule has 1 aromatic rings. The summed E-state index contributed by atoms with van der Waals surface area (Å²) in [5.41, 5.74) is 2.02. The molecule has 1 N–H and O–H groups in total. The molecule has 1 spiro atoms. The minimum absolute atomic E-state index is 0.00993. The minimum atomic E-state index is -0.372. The van der Waals surface area contributed by atoms with Gasteiger partial charge in [0.05, 0.1) is 0 Å². The van der Waals surface area contributed by atoms with Crippen molar-refractivity contribution in [2.75, 3.05) is 11.9 Å². The number of nitrogens with zero attached hydrogens (tertiary/aromatic N) is 1. The normalized spacial score (nSPS) is 31.8. The average Bonchev–Trinajstić information content (AvgIpc) is 3.06. The maximum absolute atomic E-state index is 12.6. The number of anilines is 1. The SMILES string of the molecule is CC(C)c1ccc(NC(=O)O[C@H]2CC[C@@]34CCCN3C(=O)CCC[C@H]4[C@H]2C)cc1. The fraction of sp³-hybridized carbons (Fsp3) is 0.667. The van der Waals surface area contributed by atoms with E-state index in [2.05, 4.69) is 31.0 Å². The molecule has 2 saturated heterocycles. The first-order valence-electron chi connectivity index (χ1n) is 11.3. The summed E-state index contributed by atoms with van der Waals surface area (Å²) >= 11 is 0. The van der Waals surface area contributed by atoms with E-state index in [0.29, 0.717) is 24.2 Å². The molecule has 0 unspecified atom stereocenters. The van der Waals surface area contributed by atoms with Crippen molar-refractivity contribution < 1.29 is 14.3 Å². The lowest BCUT2D eigenvalue weighted by Gasteiger charge is -2.51. The van der Waals surface area contributed by atoms with Gasteiger partial charge in [-0.2, -0.15) is 0 Å². The fourth-order valence-corrected chi connectivity index (χ4v) is 6.05. The first kappa shape index (κ1) is 20.2. The van der Waals surface area contributed by atoms with Crippen LogP contribution < -0.4 is 5.32 Å². The number of carbonyl (C=O) groups excluding carboxylic acids is 2. The second-order valence-corrected chi connectivity index (χ2v) is 9.49. The maximum atomic E-state index is 12.6. The van der Waals surface area contributed by atoms with Gasteiger partial charge in [0.2, 0.25) is 5.91 Å². The number of amides is 2. The van der Waals surface area contributed by atoms with Gasteiger partial charge in [-0.05, 0) is 74.0 Å². The number of nitrogens with one attached hydrogen (secondary N) is 1. The van der Waals surface area contributed by atoms with E-state index in [-0.39, 0.29) is 23.7 Å². The maximum Gasteiger partial charge on any atom is 0.411 e. The second kappa shape index (κ2) is 8.00. The van der Waals surface area contributed by atoms with Crippen LogP contribution in [0.2, 0.25) is 0 Å². The number of benzene rings is 1. The Kier molecular flexibility index (Phi) is 5.58. The van der Waals surface area contributed by atoms with Crippen molar-refractivity contribution in [1.29, 1.82) is 0 Å². The van der Waals surface area contributed by atoms with Gasteiger partial charge in [-0.1, -0.05) is 32.9 Å². The number of hydrogen-bond donors (Lipinski definition) is 1. The van der Waals surface area contributed by atoms with Crippen LogP contribution in [0.5, 0.6) is 0 Å². The van der Waals surface area contributed by atoms with Crippen molar-refractivity contribution in [3.8, 4) is 0 Å². The van der Waals surface area contributed by atoms with Gasteiger partial charge in [0.25, 0.3) is 0 Å². The van der Waals surface area contributed by atoms with Crippen molar-refractivity contribution in [3.05, 3.63) is 29.8 Å². The van der Waals surface area contributed by atoms with Crippen LogP contribution in [-0.4, -0.2) is 35.1 Å².